The summed E-state index contributed by atoms with van der Waals surface area (Å²) in [5, 5.41) is 10.7. The molecular weight excluding hydrogens is 337 g/mol. The summed E-state index contributed by atoms with van der Waals surface area (Å²) in [5.41, 5.74) is 0.965. The smallest absolute Gasteiger partial charge is 0.295 e. The molecule has 1 N–H and O–H groups in total. The number of amides is 1. The molecule has 0 spiro atoms. The Bertz CT molecular complexity index is 846. The fraction of sp³-hybridized carbons (Fsp3) is 0.200. The van der Waals surface area contributed by atoms with E-state index in [1.807, 2.05) is 0 Å². The van der Waals surface area contributed by atoms with Gasteiger partial charge in [0.1, 0.15) is 11.6 Å². The maximum absolute atomic E-state index is 13.3. The molecule has 1 atom stereocenters. The number of aliphatic hydroxyl groups is 1. The van der Waals surface area contributed by atoms with Crippen LogP contribution in [0.1, 0.15) is 17.2 Å². The Morgan fingerprint density at radius 2 is 1.77 bits per heavy atom. The van der Waals surface area contributed by atoms with E-state index in [9.17, 15) is 19.1 Å². The molecule has 0 saturated carbocycles. The number of nitrogens with zero attached hydrogens (tertiary/aromatic N) is 1. The number of rotatable bonds is 5. The van der Waals surface area contributed by atoms with Gasteiger partial charge in [-0.25, -0.2) is 4.39 Å². The summed E-state index contributed by atoms with van der Waals surface area (Å²) < 4.78 is 18.3. The molecule has 134 valence electrons. The standard InChI is InChI=1S/C20H18FNO4/c1-26-12-11-22-17(13-7-9-15(21)10-8-13)16(19(24)20(22)25)18(23)14-5-3-2-4-6-14/h2-10,17,23H,11-12H2,1H3/b18-16+/t17-/m1/s1. The topological polar surface area (TPSA) is 66.8 Å². The zero-order valence-electron chi connectivity index (χ0n) is 14.2. The van der Waals surface area contributed by atoms with E-state index in [0.717, 1.165) is 0 Å². The quantitative estimate of drug-likeness (QED) is 0.509. The van der Waals surface area contributed by atoms with Crippen LogP contribution in [0.4, 0.5) is 4.39 Å². The number of likely N-dealkylation sites (tertiary alicyclic amines) is 1. The van der Waals surface area contributed by atoms with Crippen LogP contribution in [0, 0.1) is 5.82 Å². The van der Waals surface area contributed by atoms with Crippen molar-refractivity contribution < 1.29 is 23.8 Å². The summed E-state index contributed by atoms with van der Waals surface area (Å²) in [6.45, 7) is 0.408. The second-order valence-corrected chi connectivity index (χ2v) is 5.90. The lowest BCUT2D eigenvalue weighted by atomic mass is 9.95. The Morgan fingerprint density at radius 1 is 1.12 bits per heavy atom. The number of aliphatic hydroxyl groups excluding tert-OH is 1. The van der Waals surface area contributed by atoms with Gasteiger partial charge in [0.15, 0.2) is 0 Å². The van der Waals surface area contributed by atoms with Gasteiger partial charge >= 0.3 is 0 Å². The van der Waals surface area contributed by atoms with Crippen LogP contribution in [-0.4, -0.2) is 42.0 Å². The van der Waals surface area contributed by atoms with Crippen LogP contribution in [0.5, 0.6) is 0 Å². The largest absolute Gasteiger partial charge is 0.507 e. The number of ketones is 1. The molecule has 1 fully saturated rings. The molecule has 5 nitrogen and oxygen atoms in total. The van der Waals surface area contributed by atoms with Crippen molar-refractivity contribution in [3.8, 4) is 0 Å². The van der Waals surface area contributed by atoms with Gasteiger partial charge in [-0.15, -0.1) is 0 Å². The SMILES string of the molecule is COCCN1C(=O)C(=O)/C(=C(/O)c2ccccc2)[C@H]1c1ccc(F)cc1. The highest BCUT2D eigenvalue weighted by molar-refractivity contribution is 6.46. The Balaban J connectivity index is 2.15. The number of carbonyl (C=O) groups excluding carboxylic acids is 2. The van der Waals surface area contributed by atoms with E-state index in [1.165, 1.54) is 36.3 Å². The van der Waals surface area contributed by atoms with Crippen LogP contribution in [0.2, 0.25) is 0 Å². The highest BCUT2D eigenvalue weighted by Crippen LogP contribution is 2.39. The molecule has 1 aliphatic rings. The van der Waals surface area contributed by atoms with Crippen LogP contribution in [0.3, 0.4) is 0 Å². The Labute approximate surface area is 150 Å². The van der Waals surface area contributed by atoms with E-state index in [4.69, 9.17) is 4.74 Å². The molecule has 0 bridgehead atoms. The van der Waals surface area contributed by atoms with Gasteiger partial charge < -0.3 is 14.7 Å². The molecule has 2 aromatic rings. The minimum absolute atomic E-state index is 0.0103. The average molecular weight is 355 g/mol. The number of methoxy groups -OCH3 is 1. The first kappa shape index (κ1) is 17.8. The van der Waals surface area contributed by atoms with E-state index in [2.05, 4.69) is 0 Å². The monoisotopic (exact) mass is 355 g/mol. The van der Waals surface area contributed by atoms with Crippen LogP contribution in [-0.2, 0) is 14.3 Å². The Kier molecular flexibility index (Phi) is 5.14. The predicted molar refractivity (Wildman–Crippen MR) is 93.7 cm³/mol. The van der Waals surface area contributed by atoms with Gasteiger partial charge in [-0.3, -0.25) is 9.59 Å². The van der Waals surface area contributed by atoms with Crippen molar-refractivity contribution in [2.75, 3.05) is 20.3 Å². The number of Topliss-reactive ketones (excluding diaryl/α,β-unsaturated/α-hetero) is 1. The molecule has 0 aliphatic carbocycles. The normalized spacial score (nSPS) is 19.2. The van der Waals surface area contributed by atoms with Crippen molar-refractivity contribution in [2.24, 2.45) is 0 Å². The fourth-order valence-electron chi connectivity index (χ4n) is 3.04. The zero-order valence-corrected chi connectivity index (χ0v) is 14.2. The lowest BCUT2D eigenvalue weighted by Crippen LogP contribution is -2.32. The third-order valence-corrected chi connectivity index (χ3v) is 4.31. The first-order valence-electron chi connectivity index (χ1n) is 8.13. The van der Waals surface area contributed by atoms with Crippen LogP contribution in [0.25, 0.3) is 5.76 Å². The third-order valence-electron chi connectivity index (χ3n) is 4.31. The summed E-state index contributed by atoms with van der Waals surface area (Å²) in [5.74, 6) is -2.16. The van der Waals surface area contributed by atoms with Crippen LogP contribution >= 0.6 is 0 Å². The second kappa shape index (κ2) is 7.49. The van der Waals surface area contributed by atoms with Crippen molar-refractivity contribution in [1.29, 1.82) is 0 Å². The van der Waals surface area contributed by atoms with Gasteiger partial charge in [0, 0.05) is 19.2 Å². The number of hydrogen-bond donors (Lipinski definition) is 1. The zero-order chi connectivity index (χ0) is 18.7. The molecule has 26 heavy (non-hydrogen) atoms. The average Bonchev–Trinajstić information content (AvgIpc) is 2.91. The number of hydrogen-bond acceptors (Lipinski definition) is 4. The highest BCUT2D eigenvalue weighted by atomic mass is 19.1. The van der Waals surface area contributed by atoms with Gasteiger partial charge in [0.2, 0.25) is 0 Å². The van der Waals surface area contributed by atoms with Crippen LogP contribution < -0.4 is 0 Å². The molecule has 1 aliphatic heterocycles. The summed E-state index contributed by atoms with van der Waals surface area (Å²) in [4.78, 5) is 26.5. The van der Waals surface area contributed by atoms with E-state index in [-0.39, 0.29) is 24.5 Å². The summed E-state index contributed by atoms with van der Waals surface area (Å²) in [6.07, 6.45) is 0. The van der Waals surface area contributed by atoms with Gasteiger partial charge in [-0.1, -0.05) is 42.5 Å². The van der Waals surface area contributed by atoms with E-state index in [1.54, 1.807) is 30.3 Å². The first-order chi connectivity index (χ1) is 12.5. The lowest BCUT2D eigenvalue weighted by molar-refractivity contribution is -0.140. The second-order valence-electron chi connectivity index (χ2n) is 5.90. The van der Waals surface area contributed by atoms with Gasteiger partial charge in [0.25, 0.3) is 11.7 Å². The van der Waals surface area contributed by atoms with Gasteiger partial charge in [-0.2, -0.15) is 0 Å². The maximum atomic E-state index is 13.3. The van der Waals surface area contributed by atoms with E-state index in [0.29, 0.717) is 11.1 Å². The van der Waals surface area contributed by atoms with E-state index < -0.39 is 23.5 Å². The summed E-state index contributed by atoms with van der Waals surface area (Å²) >= 11 is 0. The summed E-state index contributed by atoms with van der Waals surface area (Å²) in [6, 6.07) is 13.3. The molecule has 1 saturated heterocycles. The molecule has 0 aromatic heterocycles. The maximum Gasteiger partial charge on any atom is 0.295 e. The molecular formula is C20H18FNO4. The minimum Gasteiger partial charge on any atom is -0.507 e. The Morgan fingerprint density at radius 3 is 2.38 bits per heavy atom. The van der Waals surface area contributed by atoms with E-state index >= 15 is 0 Å². The number of carbonyl (C=O) groups is 2. The predicted octanol–water partition coefficient (Wildman–Crippen LogP) is 2.89. The fourth-order valence-corrected chi connectivity index (χ4v) is 3.04. The molecule has 0 unspecified atom stereocenters. The van der Waals surface area contributed by atoms with Crippen molar-refractivity contribution in [1.82, 2.24) is 4.90 Å². The number of halogens is 1. The Hall–Kier alpha value is -2.99. The van der Waals surface area contributed by atoms with Gasteiger partial charge in [-0.05, 0) is 17.7 Å². The van der Waals surface area contributed by atoms with Crippen molar-refractivity contribution >= 4 is 17.4 Å². The number of ether oxygens (including phenoxy) is 1. The van der Waals surface area contributed by atoms with Crippen molar-refractivity contribution in [3.63, 3.8) is 0 Å². The minimum atomic E-state index is -0.800. The van der Waals surface area contributed by atoms with Crippen LogP contribution in [0.15, 0.2) is 60.2 Å². The lowest BCUT2D eigenvalue weighted by Gasteiger charge is -2.25. The van der Waals surface area contributed by atoms with Crippen molar-refractivity contribution in [2.45, 2.75) is 6.04 Å². The molecule has 0 radical (unpaired) electrons. The molecule has 1 heterocycles. The third kappa shape index (κ3) is 3.23. The summed E-state index contributed by atoms with van der Waals surface area (Å²) in [7, 11) is 1.49. The highest BCUT2D eigenvalue weighted by Gasteiger charge is 2.45. The first-order valence-corrected chi connectivity index (χ1v) is 8.13. The van der Waals surface area contributed by atoms with Crippen molar-refractivity contribution in [3.05, 3.63) is 77.1 Å². The molecule has 6 heteroatoms. The van der Waals surface area contributed by atoms with Gasteiger partial charge in [0.05, 0.1) is 18.2 Å². The molecule has 3 rings (SSSR count). The molecule has 2 aromatic carbocycles. The molecule has 1 amide bonds. The number of benzene rings is 2.